The van der Waals surface area contributed by atoms with Crippen LogP contribution < -0.4 is 0 Å². The monoisotopic (exact) mass is 234 g/mol. The van der Waals surface area contributed by atoms with E-state index in [2.05, 4.69) is 0 Å². The van der Waals surface area contributed by atoms with Crippen LogP contribution in [0.5, 0.6) is 11.5 Å². The summed E-state index contributed by atoms with van der Waals surface area (Å²) in [6.45, 7) is 0.931. The summed E-state index contributed by atoms with van der Waals surface area (Å²) in [6, 6.07) is 4.09. The van der Waals surface area contributed by atoms with Gasteiger partial charge in [0.05, 0.1) is 13.2 Å². The number of ketones is 1. The summed E-state index contributed by atoms with van der Waals surface area (Å²) in [7, 11) is 1.92. The molecule has 5 heteroatoms. The van der Waals surface area contributed by atoms with Crippen molar-refractivity contribution in [2.45, 2.75) is 0 Å². The fraction of sp³-hybridized carbons (Fsp3) is 0.250. The van der Waals surface area contributed by atoms with E-state index in [0.717, 1.165) is 0 Å². The lowest BCUT2D eigenvalue weighted by atomic mass is 10.1. The minimum Gasteiger partial charge on any atom is -0.504 e. The summed E-state index contributed by atoms with van der Waals surface area (Å²) in [6.07, 6.45) is 3.74. The third kappa shape index (κ3) is 2.50. The Bertz CT molecular complexity index is 471. The van der Waals surface area contributed by atoms with E-state index < -0.39 is 0 Å². The Balaban J connectivity index is 2.05. The van der Waals surface area contributed by atoms with E-state index in [1.807, 2.05) is 29.2 Å². The molecular weight excluding hydrogens is 220 g/mol. The first-order valence-corrected chi connectivity index (χ1v) is 5.24. The fourth-order valence-corrected chi connectivity index (χ4v) is 1.66. The van der Waals surface area contributed by atoms with Crippen LogP contribution in [0.4, 0.5) is 0 Å². The van der Waals surface area contributed by atoms with Crippen LogP contribution >= 0.6 is 0 Å². The molecule has 0 aromatic heterocycles. The normalized spacial score (nSPS) is 14.4. The standard InChI is InChI=1S/C12H14N2O3/c1-13-4-5-14(8-13)7-12(17)9-2-3-10(15)11(16)6-9/h2-6,15-16H,7-8H2,1H3. The molecule has 1 aliphatic rings. The number of phenols is 2. The second-order valence-corrected chi connectivity index (χ2v) is 4.07. The maximum atomic E-state index is 11.9. The number of rotatable bonds is 3. The van der Waals surface area contributed by atoms with Gasteiger partial charge in [-0.2, -0.15) is 0 Å². The minimum atomic E-state index is -0.273. The number of hydrogen-bond acceptors (Lipinski definition) is 5. The first-order valence-electron chi connectivity index (χ1n) is 5.24. The Morgan fingerprint density at radius 3 is 2.65 bits per heavy atom. The first kappa shape index (κ1) is 11.3. The van der Waals surface area contributed by atoms with E-state index in [1.165, 1.54) is 18.2 Å². The van der Waals surface area contributed by atoms with Gasteiger partial charge >= 0.3 is 0 Å². The Kier molecular flexibility index (Phi) is 2.91. The van der Waals surface area contributed by atoms with Gasteiger partial charge in [-0.1, -0.05) is 0 Å². The summed E-state index contributed by atoms with van der Waals surface area (Å²) in [5.74, 6) is -0.590. The molecule has 2 N–H and O–H groups in total. The molecule has 0 radical (unpaired) electrons. The van der Waals surface area contributed by atoms with Gasteiger partial charge < -0.3 is 20.0 Å². The number of carbonyl (C=O) groups excluding carboxylic acids is 1. The topological polar surface area (TPSA) is 64.0 Å². The molecule has 0 amide bonds. The summed E-state index contributed by atoms with van der Waals surface area (Å²) in [5, 5.41) is 18.5. The number of phenolic OH excluding ortho intramolecular Hbond substituents is 2. The van der Waals surface area contributed by atoms with E-state index in [-0.39, 0.29) is 23.8 Å². The number of hydrogen-bond donors (Lipinski definition) is 2. The number of aromatic hydroxyl groups is 2. The molecule has 0 bridgehead atoms. The number of nitrogens with zero attached hydrogens (tertiary/aromatic N) is 2. The molecule has 0 aliphatic carbocycles. The molecule has 0 spiro atoms. The molecule has 5 nitrogen and oxygen atoms in total. The summed E-state index contributed by atoms with van der Waals surface area (Å²) in [5.41, 5.74) is 0.392. The van der Waals surface area contributed by atoms with Crippen molar-refractivity contribution in [3.05, 3.63) is 36.2 Å². The zero-order valence-corrected chi connectivity index (χ0v) is 9.50. The zero-order valence-electron chi connectivity index (χ0n) is 9.50. The van der Waals surface area contributed by atoms with E-state index in [1.54, 1.807) is 0 Å². The quantitative estimate of drug-likeness (QED) is 0.602. The predicted octanol–water partition coefficient (Wildman–Crippen LogP) is 0.957. The van der Waals surface area contributed by atoms with Crippen molar-refractivity contribution in [2.75, 3.05) is 20.3 Å². The van der Waals surface area contributed by atoms with E-state index in [4.69, 9.17) is 5.11 Å². The third-order valence-electron chi connectivity index (χ3n) is 2.58. The average molecular weight is 234 g/mol. The molecule has 1 aromatic rings. The molecule has 0 saturated heterocycles. The van der Waals surface area contributed by atoms with Crippen molar-refractivity contribution in [3.8, 4) is 11.5 Å². The molecule has 0 atom stereocenters. The lowest BCUT2D eigenvalue weighted by Crippen LogP contribution is -2.27. The molecule has 1 aromatic carbocycles. The van der Waals surface area contributed by atoms with Crippen molar-refractivity contribution in [2.24, 2.45) is 0 Å². The summed E-state index contributed by atoms with van der Waals surface area (Å²) in [4.78, 5) is 15.7. The predicted molar refractivity (Wildman–Crippen MR) is 62.6 cm³/mol. The highest BCUT2D eigenvalue weighted by molar-refractivity contribution is 5.98. The molecule has 1 aliphatic heterocycles. The molecule has 90 valence electrons. The smallest absolute Gasteiger partial charge is 0.182 e. The molecule has 1 heterocycles. The van der Waals surface area contributed by atoms with Gasteiger partial charge in [0.1, 0.15) is 0 Å². The number of benzene rings is 1. The molecule has 0 fully saturated rings. The molecular formula is C12H14N2O3. The van der Waals surface area contributed by atoms with Gasteiger partial charge in [0.25, 0.3) is 0 Å². The van der Waals surface area contributed by atoms with E-state index in [0.29, 0.717) is 12.2 Å². The van der Waals surface area contributed by atoms with Gasteiger partial charge in [0.2, 0.25) is 0 Å². The van der Waals surface area contributed by atoms with Crippen molar-refractivity contribution in [1.82, 2.24) is 9.80 Å². The van der Waals surface area contributed by atoms with E-state index in [9.17, 15) is 9.90 Å². The van der Waals surface area contributed by atoms with Gasteiger partial charge in [-0.25, -0.2) is 0 Å². The van der Waals surface area contributed by atoms with Gasteiger partial charge in [-0.05, 0) is 18.2 Å². The Morgan fingerprint density at radius 2 is 2.06 bits per heavy atom. The summed E-state index contributed by atoms with van der Waals surface area (Å²) >= 11 is 0. The highest BCUT2D eigenvalue weighted by Crippen LogP contribution is 2.25. The first-order chi connectivity index (χ1) is 8.06. The number of Topliss-reactive ketones (excluding diaryl/α,β-unsaturated/α-hetero) is 1. The second kappa shape index (κ2) is 4.37. The van der Waals surface area contributed by atoms with Gasteiger partial charge in [0, 0.05) is 25.0 Å². The van der Waals surface area contributed by atoms with Crippen LogP contribution in [0.1, 0.15) is 10.4 Å². The van der Waals surface area contributed by atoms with Crippen LogP contribution in [0.15, 0.2) is 30.6 Å². The van der Waals surface area contributed by atoms with Crippen LogP contribution in [0, 0.1) is 0 Å². The molecule has 17 heavy (non-hydrogen) atoms. The van der Waals surface area contributed by atoms with Crippen molar-refractivity contribution >= 4 is 5.78 Å². The second-order valence-electron chi connectivity index (χ2n) is 4.07. The average Bonchev–Trinajstić information content (AvgIpc) is 2.68. The SMILES string of the molecule is CN1C=CN(CC(=O)c2ccc(O)c(O)c2)C1. The van der Waals surface area contributed by atoms with Crippen molar-refractivity contribution in [1.29, 1.82) is 0 Å². The molecule has 0 unspecified atom stereocenters. The molecule has 2 rings (SSSR count). The van der Waals surface area contributed by atoms with Crippen LogP contribution in [-0.4, -0.2) is 46.1 Å². The van der Waals surface area contributed by atoms with Crippen LogP contribution in [0.2, 0.25) is 0 Å². The lowest BCUT2D eigenvalue weighted by molar-refractivity contribution is 0.0948. The minimum absolute atomic E-state index is 0.0970. The Hall–Kier alpha value is -2.17. The van der Waals surface area contributed by atoms with Gasteiger partial charge in [-0.3, -0.25) is 4.79 Å². The van der Waals surface area contributed by atoms with E-state index >= 15 is 0 Å². The lowest BCUT2D eigenvalue weighted by Gasteiger charge is -2.17. The Morgan fingerprint density at radius 1 is 1.29 bits per heavy atom. The summed E-state index contributed by atoms with van der Waals surface area (Å²) < 4.78 is 0. The van der Waals surface area contributed by atoms with Crippen molar-refractivity contribution in [3.63, 3.8) is 0 Å². The van der Waals surface area contributed by atoms with Crippen molar-refractivity contribution < 1.29 is 15.0 Å². The van der Waals surface area contributed by atoms with Crippen LogP contribution in [0.25, 0.3) is 0 Å². The highest BCUT2D eigenvalue weighted by Gasteiger charge is 2.15. The van der Waals surface area contributed by atoms with Crippen LogP contribution in [-0.2, 0) is 0 Å². The third-order valence-corrected chi connectivity index (χ3v) is 2.58. The largest absolute Gasteiger partial charge is 0.504 e. The maximum absolute atomic E-state index is 11.9. The van der Waals surface area contributed by atoms with Gasteiger partial charge in [0.15, 0.2) is 17.3 Å². The zero-order chi connectivity index (χ0) is 12.4. The highest BCUT2D eigenvalue weighted by atomic mass is 16.3. The fourth-order valence-electron chi connectivity index (χ4n) is 1.66. The van der Waals surface area contributed by atoms with Crippen LogP contribution in [0.3, 0.4) is 0 Å². The Labute approximate surface area is 99.2 Å². The molecule has 0 saturated carbocycles. The number of carbonyl (C=O) groups is 1. The maximum Gasteiger partial charge on any atom is 0.182 e. The van der Waals surface area contributed by atoms with Gasteiger partial charge in [-0.15, -0.1) is 0 Å².